The second-order valence-corrected chi connectivity index (χ2v) is 5.53. The molecule has 136 valence electrons. The third kappa shape index (κ3) is 3.49. The minimum absolute atomic E-state index is 0.161. The maximum absolute atomic E-state index is 12.6. The van der Waals surface area contributed by atoms with Gasteiger partial charge in [-0.2, -0.15) is 0 Å². The minimum Gasteiger partial charge on any atom is -0.325 e. The van der Waals surface area contributed by atoms with Gasteiger partial charge in [-0.3, -0.25) is 29.8 Å². The minimum atomic E-state index is -1.78. The maximum atomic E-state index is 12.6. The number of amides is 5. The second-order valence-electron chi connectivity index (χ2n) is 5.53. The van der Waals surface area contributed by atoms with Crippen molar-refractivity contribution in [2.75, 3.05) is 10.2 Å². The number of imide groups is 2. The van der Waals surface area contributed by atoms with E-state index in [1.165, 1.54) is 24.3 Å². The molecule has 2 aromatic carbocycles. The number of non-ortho nitro benzene ring substituents is 1. The van der Waals surface area contributed by atoms with Crippen molar-refractivity contribution in [3.8, 4) is 0 Å². The molecule has 1 atom stereocenters. The van der Waals surface area contributed by atoms with Gasteiger partial charge >= 0.3 is 6.03 Å². The fourth-order valence-electron chi connectivity index (χ4n) is 2.51. The number of para-hydroxylation sites is 1. The van der Waals surface area contributed by atoms with E-state index >= 15 is 0 Å². The first kappa shape index (κ1) is 17.7. The lowest BCUT2D eigenvalue weighted by atomic mass is 10.0. The molecule has 0 saturated carbocycles. The Balaban J connectivity index is 1.82. The summed E-state index contributed by atoms with van der Waals surface area (Å²) in [5.74, 6) is -4.77. The van der Waals surface area contributed by atoms with Crippen LogP contribution in [0.25, 0.3) is 0 Å². The molecule has 0 bridgehead atoms. The van der Waals surface area contributed by atoms with E-state index in [4.69, 9.17) is 0 Å². The number of nitro benzene ring substituents is 1. The Hall–Kier alpha value is -4.08. The van der Waals surface area contributed by atoms with E-state index in [9.17, 15) is 29.3 Å². The van der Waals surface area contributed by atoms with Crippen LogP contribution in [0.4, 0.5) is 21.9 Å². The zero-order valence-corrected chi connectivity index (χ0v) is 13.6. The molecule has 1 unspecified atom stereocenters. The van der Waals surface area contributed by atoms with Crippen LogP contribution in [0.2, 0.25) is 0 Å². The Morgan fingerprint density at radius 1 is 1.04 bits per heavy atom. The van der Waals surface area contributed by atoms with Crippen LogP contribution in [0.15, 0.2) is 54.6 Å². The van der Waals surface area contributed by atoms with Gasteiger partial charge in [0.15, 0.2) is 5.92 Å². The summed E-state index contributed by atoms with van der Waals surface area (Å²) >= 11 is 0. The Morgan fingerprint density at radius 2 is 1.67 bits per heavy atom. The number of urea groups is 1. The largest absolute Gasteiger partial charge is 0.335 e. The van der Waals surface area contributed by atoms with Crippen molar-refractivity contribution in [1.29, 1.82) is 0 Å². The fraction of sp³-hybridized carbons (Fsp3) is 0.0588. The van der Waals surface area contributed by atoms with Gasteiger partial charge in [0.1, 0.15) is 0 Å². The number of nitro groups is 1. The summed E-state index contributed by atoms with van der Waals surface area (Å²) in [6.45, 7) is 0. The molecule has 1 saturated heterocycles. The first-order valence-electron chi connectivity index (χ1n) is 7.67. The summed E-state index contributed by atoms with van der Waals surface area (Å²) in [4.78, 5) is 59.9. The molecule has 10 heteroatoms. The molecule has 10 nitrogen and oxygen atoms in total. The third-order valence-electron chi connectivity index (χ3n) is 3.78. The highest BCUT2D eigenvalue weighted by Crippen LogP contribution is 2.22. The molecular formula is C17H12N4O6. The van der Waals surface area contributed by atoms with Gasteiger partial charge in [-0.05, 0) is 24.3 Å². The molecule has 1 heterocycles. The van der Waals surface area contributed by atoms with Crippen LogP contribution in [0.1, 0.15) is 0 Å². The Bertz CT molecular complexity index is 942. The summed E-state index contributed by atoms with van der Waals surface area (Å²) < 4.78 is 0. The number of carbonyl (C=O) groups is 4. The average molecular weight is 368 g/mol. The SMILES string of the molecule is O=C1NC(=O)N(c2ccccc2)C(=O)C1C(=O)Nc1ccc([N+](=O)[O-])cc1. The Kier molecular flexibility index (Phi) is 4.62. The number of carbonyl (C=O) groups excluding carboxylic acids is 4. The molecule has 1 aliphatic heterocycles. The van der Waals surface area contributed by atoms with Gasteiger partial charge in [0.05, 0.1) is 10.6 Å². The first-order valence-corrected chi connectivity index (χ1v) is 7.67. The lowest BCUT2D eigenvalue weighted by Crippen LogP contribution is -2.61. The highest BCUT2D eigenvalue weighted by Gasteiger charge is 2.45. The van der Waals surface area contributed by atoms with Crippen LogP contribution in [-0.2, 0) is 14.4 Å². The third-order valence-corrected chi connectivity index (χ3v) is 3.78. The van der Waals surface area contributed by atoms with Crippen molar-refractivity contribution in [3.63, 3.8) is 0 Å². The van der Waals surface area contributed by atoms with E-state index in [0.717, 1.165) is 12.1 Å². The van der Waals surface area contributed by atoms with E-state index < -0.39 is 34.6 Å². The smallest absolute Gasteiger partial charge is 0.325 e. The number of barbiturate groups is 1. The van der Waals surface area contributed by atoms with Gasteiger partial charge in [-0.1, -0.05) is 18.2 Å². The van der Waals surface area contributed by atoms with Crippen molar-refractivity contribution in [3.05, 3.63) is 64.7 Å². The molecular weight excluding hydrogens is 356 g/mol. The van der Waals surface area contributed by atoms with Crippen molar-refractivity contribution in [2.24, 2.45) is 5.92 Å². The van der Waals surface area contributed by atoms with E-state index in [-0.39, 0.29) is 17.1 Å². The normalized spacial score (nSPS) is 16.7. The number of hydrogen-bond donors (Lipinski definition) is 2. The maximum Gasteiger partial charge on any atom is 0.335 e. The van der Waals surface area contributed by atoms with Crippen LogP contribution in [0, 0.1) is 16.0 Å². The Morgan fingerprint density at radius 3 is 2.26 bits per heavy atom. The molecule has 1 aliphatic rings. The number of benzene rings is 2. The molecule has 5 amide bonds. The predicted octanol–water partition coefficient (Wildman–Crippen LogP) is 1.43. The van der Waals surface area contributed by atoms with Crippen molar-refractivity contribution in [2.45, 2.75) is 0 Å². The van der Waals surface area contributed by atoms with Crippen molar-refractivity contribution < 1.29 is 24.1 Å². The van der Waals surface area contributed by atoms with Crippen molar-refractivity contribution in [1.82, 2.24) is 5.32 Å². The standard InChI is InChI=1S/C17H12N4O6/c22-14(18-10-6-8-12(9-7-10)21(26)27)13-15(23)19-17(25)20(16(13)24)11-4-2-1-3-5-11/h1-9,13H,(H,18,22)(H,19,23,25). The molecule has 2 aromatic rings. The highest BCUT2D eigenvalue weighted by atomic mass is 16.6. The monoisotopic (exact) mass is 368 g/mol. The molecule has 0 radical (unpaired) electrons. The molecule has 27 heavy (non-hydrogen) atoms. The molecule has 1 fully saturated rings. The second kappa shape index (κ2) is 7.04. The average Bonchev–Trinajstić information content (AvgIpc) is 2.62. The van der Waals surface area contributed by atoms with Crippen LogP contribution in [0.3, 0.4) is 0 Å². The summed E-state index contributed by atoms with van der Waals surface area (Å²) in [7, 11) is 0. The van der Waals surface area contributed by atoms with Gasteiger partial charge in [0, 0.05) is 17.8 Å². The molecule has 0 spiro atoms. The van der Waals surface area contributed by atoms with Crippen LogP contribution >= 0.6 is 0 Å². The summed E-state index contributed by atoms with van der Waals surface area (Å²) in [6.07, 6.45) is 0. The molecule has 2 N–H and O–H groups in total. The predicted molar refractivity (Wildman–Crippen MR) is 92.7 cm³/mol. The highest BCUT2D eigenvalue weighted by molar-refractivity contribution is 6.35. The number of nitrogens with one attached hydrogen (secondary N) is 2. The lowest BCUT2D eigenvalue weighted by Gasteiger charge is -2.29. The number of nitrogens with zero attached hydrogens (tertiary/aromatic N) is 2. The topological polar surface area (TPSA) is 139 Å². The lowest BCUT2D eigenvalue weighted by molar-refractivity contribution is -0.384. The van der Waals surface area contributed by atoms with E-state index in [2.05, 4.69) is 5.32 Å². The van der Waals surface area contributed by atoms with Crippen LogP contribution in [0.5, 0.6) is 0 Å². The molecule has 3 rings (SSSR count). The first-order chi connectivity index (χ1) is 12.9. The Labute approximate surface area is 151 Å². The number of hydrogen-bond acceptors (Lipinski definition) is 6. The summed E-state index contributed by atoms with van der Waals surface area (Å²) in [5.41, 5.74) is 0.190. The zero-order chi connectivity index (χ0) is 19.6. The van der Waals surface area contributed by atoms with Crippen LogP contribution in [-0.4, -0.2) is 28.7 Å². The van der Waals surface area contributed by atoms with Gasteiger partial charge in [-0.15, -0.1) is 0 Å². The fourth-order valence-corrected chi connectivity index (χ4v) is 2.51. The van der Waals surface area contributed by atoms with Gasteiger partial charge in [0.25, 0.3) is 11.6 Å². The van der Waals surface area contributed by atoms with E-state index in [1.807, 2.05) is 5.32 Å². The van der Waals surface area contributed by atoms with Crippen molar-refractivity contribution >= 4 is 40.8 Å². The number of anilines is 2. The van der Waals surface area contributed by atoms with E-state index in [1.54, 1.807) is 18.2 Å². The van der Waals surface area contributed by atoms with Crippen LogP contribution < -0.4 is 15.5 Å². The van der Waals surface area contributed by atoms with Gasteiger partial charge < -0.3 is 5.32 Å². The molecule has 0 aromatic heterocycles. The van der Waals surface area contributed by atoms with Gasteiger partial charge in [0.2, 0.25) is 11.8 Å². The number of rotatable bonds is 4. The summed E-state index contributed by atoms with van der Waals surface area (Å²) in [5, 5.41) is 15.0. The van der Waals surface area contributed by atoms with E-state index in [0.29, 0.717) is 4.90 Å². The quantitative estimate of drug-likeness (QED) is 0.475. The summed E-state index contributed by atoms with van der Waals surface area (Å²) in [6, 6.07) is 11.8. The van der Waals surface area contributed by atoms with Gasteiger partial charge in [-0.25, -0.2) is 9.69 Å². The zero-order valence-electron chi connectivity index (χ0n) is 13.6. The molecule has 0 aliphatic carbocycles.